The van der Waals surface area contributed by atoms with E-state index in [1.807, 2.05) is 0 Å². The topological polar surface area (TPSA) is 23.6 Å². The van der Waals surface area contributed by atoms with Crippen LogP contribution in [-0.4, -0.2) is 83.8 Å². The zero-order valence-corrected chi connectivity index (χ0v) is 19.5. The van der Waals surface area contributed by atoms with Gasteiger partial charge in [-0.15, -0.1) is 0 Å². The maximum atomic E-state index is 14.2. The molecule has 0 radical (unpaired) electrons. The summed E-state index contributed by atoms with van der Waals surface area (Å²) in [7, 11) is 0. The highest BCUT2D eigenvalue weighted by Gasteiger charge is 2.95. The molecule has 2 rings (SSSR count). The summed E-state index contributed by atoms with van der Waals surface area (Å²) in [6.07, 6.45) is 0. The van der Waals surface area contributed by atoms with Gasteiger partial charge in [0.15, 0.2) is 0 Å². The number of anilines is 1. The molecule has 3 nitrogen and oxygen atoms in total. The van der Waals surface area contributed by atoms with Crippen LogP contribution < -0.4 is 4.90 Å². The van der Waals surface area contributed by atoms with Gasteiger partial charge in [-0.05, 0) is 35.9 Å². The molecule has 40 heavy (non-hydrogen) atoms. The number of amides is 1. The number of piperazine rings is 1. The van der Waals surface area contributed by atoms with Gasteiger partial charge in [-0.3, -0.25) is 4.79 Å². The first-order valence-electron chi connectivity index (χ1n) is 10.1. The number of rotatable bonds is 9. The molecule has 0 atom stereocenters. The number of carbonyl (C=O) groups excluding carboxylic acids is 1. The highest BCUT2D eigenvalue weighted by atomic mass is 35.5. The Morgan fingerprint density at radius 2 is 0.925 bits per heavy atom. The van der Waals surface area contributed by atoms with Gasteiger partial charge in [-0.1, -0.05) is 0 Å². The van der Waals surface area contributed by atoms with Gasteiger partial charge in [-0.2, -0.15) is 70.2 Å². The fourth-order valence-electron chi connectivity index (χ4n) is 3.32. The summed E-state index contributed by atoms with van der Waals surface area (Å²) in [6.45, 7) is -3.15. The maximum absolute atomic E-state index is 14.2. The Morgan fingerprint density at radius 3 is 1.30 bits per heavy atom. The second-order valence-corrected chi connectivity index (χ2v) is 8.75. The molecule has 230 valence electrons. The third kappa shape index (κ3) is 4.76. The van der Waals surface area contributed by atoms with Crippen LogP contribution in [0.5, 0.6) is 0 Å². The minimum Gasteiger partial charge on any atom is -0.368 e. The van der Waals surface area contributed by atoms with E-state index in [1.165, 1.54) is 4.90 Å². The fraction of sp³-hybridized carbons (Fsp3) is 0.632. The lowest BCUT2D eigenvalue weighted by Gasteiger charge is -2.43. The van der Waals surface area contributed by atoms with Gasteiger partial charge in [0.25, 0.3) is 5.91 Å². The summed E-state index contributed by atoms with van der Waals surface area (Å²) in [5.41, 5.74) is 0.180. The van der Waals surface area contributed by atoms with Gasteiger partial charge in [-0.25, -0.2) is 4.39 Å². The van der Waals surface area contributed by atoms with Crippen molar-refractivity contribution in [3.63, 3.8) is 0 Å². The van der Waals surface area contributed by atoms with E-state index in [2.05, 4.69) is 11.6 Å². The van der Waals surface area contributed by atoms with Crippen molar-refractivity contribution in [3.05, 3.63) is 30.1 Å². The van der Waals surface area contributed by atoms with Gasteiger partial charge in [0, 0.05) is 31.9 Å². The number of hydrogen-bond acceptors (Lipinski definition) is 2. The van der Waals surface area contributed by atoms with E-state index in [1.54, 1.807) is 0 Å². The molecule has 1 aliphatic rings. The van der Waals surface area contributed by atoms with Crippen LogP contribution in [0.2, 0.25) is 0 Å². The van der Waals surface area contributed by atoms with E-state index in [0.717, 1.165) is 24.3 Å². The molecule has 1 heterocycles. The standard InChI is InChI=1S/C19H12ClF17N2O/c20-19(36,37)18(34,35)17(32,33)16(30,31)15(28,29)14(26,27)13(24,25)12(22,23)11(40)39-7-5-38(6-8-39)10-3-1-9(21)2-4-10/h1-4H,5-8H2. The third-order valence-electron chi connectivity index (χ3n) is 5.75. The number of halogens is 18. The first-order valence-corrected chi connectivity index (χ1v) is 10.5. The molecule has 21 heteroatoms. The summed E-state index contributed by atoms with van der Waals surface area (Å²) in [6, 6.07) is 4.12. The fourth-order valence-corrected chi connectivity index (χ4v) is 3.44. The number of carbonyl (C=O) groups is 1. The number of hydrogen-bond donors (Lipinski definition) is 0. The Balaban J connectivity index is 2.39. The highest BCUT2D eigenvalue weighted by molar-refractivity contribution is 6.22. The SMILES string of the molecule is O=C(N1CCN(c2ccc(F)cc2)CC1)C(F)(F)C(F)(F)C(F)(F)C(F)(F)C(F)(F)C(F)(F)C(F)(F)C(F)(F)Cl. The molecule has 0 saturated carbocycles. The van der Waals surface area contributed by atoms with Gasteiger partial charge >= 0.3 is 46.8 Å². The van der Waals surface area contributed by atoms with Crippen LogP contribution in [0.1, 0.15) is 0 Å². The van der Waals surface area contributed by atoms with Crippen LogP contribution >= 0.6 is 11.6 Å². The molecule has 1 aromatic carbocycles. The van der Waals surface area contributed by atoms with Crippen molar-refractivity contribution in [1.82, 2.24) is 4.90 Å². The summed E-state index contributed by atoms with van der Waals surface area (Å²) in [5.74, 6) is -61.1. The van der Waals surface area contributed by atoms with Crippen molar-refractivity contribution in [3.8, 4) is 0 Å². The predicted octanol–water partition coefficient (Wildman–Crippen LogP) is 6.75. The largest absolute Gasteiger partial charge is 0.393 e. The molecule has 0 N–H and O–H groups in total. The lowest BCUT2D eigenvalue weighted by atomic mass is 9.88. The first kappa shape index (κ1) is 33.8. The van der Waals surface area contributed by atoms with E-state index in [-0.39, 0.29) is 10.6 Å². The number of nitrogens with zero attached hydrogens (tertiary/aromatic N) is 2. The van der Waals surface area contributed by atoms with E-state index < -0.39 is 84.7 Å². The van der Waals surface area contributed by atoms with Gasteiger partial charge in [0.1, 0.15) is 5.82 Å². The molecule has 0 aliphatic carbocycles. The minimum absolute atomic E-state index is 0.180. The lowest BCUT2D eigenvalue weighted by molar-refractivity contribution is -0.446. The summed E-state index contributed by atoms with van der Waals surface area (Å²) in [5, 5.41) is -6.87. The van der Waals surface area contributed by atoms with Crippen LogP contribution in [0.25, 0.3) is 0 Å². The van der Waals surface area contributed by atoms with Crippen LogP contribution in [0.15, 0.2) is 24.3 Å². The van der Waals surface area contributed by atoms with Crippen molar-refractivity contribution in [1.29, 1.82) is 0 Å². The molecular weight excluding hydrogens is 631 g/mol. The smallest absolute Gasteiger partial charge is 0.368 e. The molecule has 1 aromatic rings. The third-order valence-corrected chi connectivity index (χ3v) is 5.99. The molecule has 0 unspecified atom stereocenters. The van der Waals surface area contributed by atoms with Crippen molar-refractivity contribution >= 4 is 23.2 Å². The number of alkyl halides is 17. The van der Waals surface area contributed by atoms with Crippen molar-refractivity contribution in [2.75, 3.05) is 31.1 Å². The predicted molar refractivity (Wildman–Crippen MR) is 101 cm³/mol. The molecule has 0 spiro atoms. The van der Waals surface area contributed by atoms with Crippen molar-refractivity contribution in [2.24, 2.45) is 0 Å². The van der Waals surface area contributed by atoms with Crippen LogP contribution in [-0.2, 0) is 4.79 Å². The van der Waals surface area contributed by atoms with Gasteiger partial charge in [0.2, 0.25) is 0 Å². The minimum atomic E-state index is -8.64. The number of benzene rings is 1. The molecule has 1 fully saturated rings. The average molecular weight is 643 g/mol. The molecule has 0 bridgehead atoms. The summed E-state index contributed by atoms with van der Waals surface area (Å²) >= 11 is 3.46. The molecular formula is C19H12ClF17N2O. The van der Waals surface area contributed by atoms with Crippen LogP contribution in [0.3, 0.4) is 0 Å². The Morgan fingerprint density at radius 1 is 0.575 bits per heavy atom. The van der Waals surface area contributed by atoms with E-state index in [9.17, 15) is 79.4 Å². The van der Waals surface area contributed by atoms with Crippen molar-refractivity contribution < 1.29 is 79.4 Å². The highest BCUT2D eigenvalue weighted by Crippen LogP contribution is 2.64. The summed E-state index contributed by atoms with van der Waals surface area (Å²) in [4.78, 5) is 12.8. The van der Waals surface area contributed by atoms with E-state index in [4.69, 9.17) is 0 Å². The monoisotopic (exact) mass is 642 g/mol. The lowest BCUT2D eigenvalue weighted by Crippen LogP contribution is -2.75. The first-order chi connectivity index (χ1) is 17.6. The Labute approximate surface area is 216 Å². The Bertz CT molecular complexity index is 1080. The van der Waals surface area contributed by atoms with Gasteiger partial charge < -0.3 is 9.80 Å². The Hall–Kier alpha value is -2.41. The average Bonchev–Trinajstić information content (AvgIpc) is 2.82. The molecule has 1 aliphatic heterocycles. The quantitative estimate of drug-likeness (QED) is 0.220. The summed E-state index contributed by atoms with van der Waals surface area (Å²) < 4.78 is 231. The van der Waals surface area contributed by atoms with Gasteiger partial charge in [0.05, 0.1) is 0 Å². The maximum Gasteiger partial charge on any atom is 0.393 e. The Kier molecular flexibility index (Phi) is 8.32. The zero-order valence-electron chi connectivity index (χ0n) is 18.7. The molecule has 1 saturated heterocycles. The zero-order chi connectivity index (χ0) is 31.5. The van der Waals surface area contributed by atoms with E-state index in [0.29, 0.717) is 0 Å². The second kappa shape index (κ2) is 9.85. The molecule has 0 aromatic heterocycles. The second-order valence-electron chi connectivity index (χ2n) is 8.27. The molecule has 1 amide bonds. The van der Waals surface area contributed by atoms with E-state index >= 15 is 0 Å². The normalized spacial score (nSPS) is 17.4. The van der Waals surface area contributed by atoms with Crippen LogP contribution in [0.4, 0.5) is 80.3 Å². The van der Waals surface area contributed by atoms with Crippen molar-refractivity contribution in [2.45, 2.75) is 46.8 Å². The van der Waals surface area contributed by atoms with Crippen LogP contribution in [0, 0.1) is 5.82 Å².